The topological polar surface area (TPSA) is 150 Å². The van der Waals surface area contributed by atoms with Gasteiger partial charge in [-0.3, -0.25) is 14.6 Å². The Morgan fingerprint density at radius 3 is 2.44 bits per heavy atom. The number of hydrogen-bond donors (Lipinski definition) is 5. The molecule has 0 fully saturated rings. The molecule has 0 aliphatic heterocycles. The summed E-state index contributed by atoms with van der Waals surface area (Å²) in [5, 5.41) is 35.0. The van der Waals surface area contributed by atoms with Gasteiger partial charge in [0, 0.05) is 29.7 Å². The molecular weight excluding hydrogens is 537 g/mol. The van der Waals surface area contributed by atoms with Gasteiger partial charge in [-0.2, -0.15) is 0 Å². The summed E-state index contributed by atoms with van der Waals surface area (Å²) in [6, 6.07) is 23.1. The number of carboxylic acids is 1. The number of ether oxygens (including phenoxy) is 2. The Morgan fingerprint density at radius 2 is 1.73 bits per heavy atom. The van der Waals surface area contributed by atoms with Crippen LogP contribution in [0.15, 0.2) is 85.1 Å². The Labute approximate surface area is 261 Å². The third kappa shape index (κ3) is 9.82. The number of nitrogens with zero attached hydrogens (tertiary/aromatic N) is 1. The second-order valence-corrected chi connectivity index (χ2v) is 9.13. The van der Waals surface area contributed by atoms with Crippen molar-refractivity contribution in [3.05, 3.63) is 96.2 Å². The fourth-order valence-corrected chi connectivity index (χ4v) is 3.99. The van der Waals surface area contributed by atoms with Crippen LogP contribution in [0, 0.1) is 0 Å². The molecule has 3 aromatic carbocycles. The first-order chi connectivity index (χ1) is 19.4. The number of carboxylic acid groups (broad SMARTS) is 1. The van der Waals surface area contributed by atoms with Crippen LogP contribution in [0.5, 0.6) is 17.2 Å². The van der Waals surface area contributed by atoms with E-state index in [-0.39, 0.29) is 56.8 Å². The average molecular weight is 570 g/mol. The first-order valence-electron chi connectivity index (χ1n) is 12.8. The number of aliphatic hydroxyl groups is 2. The van der Waals surface area contributed by atoms with E-state index >= 15 is 0 Å². The largest absolute Gasteiger partial charge is 1.00 e. The molecule has 41 heavy (non-hydrogen) atoms. The zero-order valence-electron chi connectivity index (χ0n) is 23.7. The van der Waals surface area contributed by atoms with Crippen molar-refractivity contribution >= 4 is 22.8 Å². The van der Waals surface area contributed by atoms with Crippen molar-refractivity contribution < 1.29 is 65.4 Å². The first kappa shape index (κ1) is 32.0. The van der Waals surface area contributed by atoms with Crippen molar-refractivity contribution in [3.8, 4) is 17.2 Å². The van der Waals surface area contributed by atoms with Crippen LogP contribution in [0.1, 0.15) is 17.3 Å². The molecule has 0 saturated carbocycles. The van der Waals surface area contributed by atoms with Crippen LogP contribution in [0.25, 0.3) is 10.9 Å². The molecule has 10 nitrogen and oxygen atoms in total. The molecule has 0 aliphatic rings. The summed E-state index contributed by atoms with van der Waals surface area (Å²) in [5.74, 6) is 0.213. The van der Waals surface area contributed by atoms with Crippen molar-refractivity contribution in [1.29, 1.82) is 0 Å². The molecule has 0 bridgehead atoms. The van der Waals surface area contributed by atoms with Gasteiger partial charge in [-0.25, -0.2) is 0 Å². The summed E-state index contributed by atoms with van der Waals surface area (Å²) in [7, 11) is 0. The molecular formula is C30H32N3NaO7. The molecule has 1 aromatic heterocycles. The molecule has 0 spiro atoms. The van der Waals surface area contributed by atoms with Gasteiger partial charge in [-0.1, -0.05) is 30.3 Å². The number of para-hydroxylation sites is 1. The number of rotatable bonds is 14. The molecule has 4 aromatic rings. The molecule has 0 aliphatic carbocycles. The molecule has 210 valence electrons. The van der Waals surface area contributed by atoms with E-state index in [1.807, 2.05) is 54.6 Å². The quantitative estimate of drug-likeness (QED) is 0.131. The maximum Gasteiger partial charge on any atom is 1.00 e. The second-order valence-electron chi connectivity index (χ2n) is 9.13. The standard InChI is InChI=1S/C30H31N3O7.Na.H/c34-18-22(32-16-23(35)19-39-24-4-2-1-3-5-24)14-20-6-9-25(10-7-20)40-28-12-13-31-27-15-21(8-11-26(27)28)30(38)33-17-29(36)37;;/h1-13,15,22-23,32,34-35H,14,16-19H2,(H,33,38)(H,36,37);;/q;+1;-1/t22-,23-;;/m0../s1. The van der Waals surface area contributed by atoms with E-state index in [1.54, 1.807) is 30.5 Å². The fourth-order valence-electron chi connectivity index (χ4n) is 3.99. The van der Waals surface area contributed by atoms with Crippen molar-refractivity contribution in [2.24, 2.45) is 0 Å². The zero-order chi connectivity index (χ0) is 28.3. The van der Waals surface area contributed by atoms with E-state index in [0.717, 1.165) is 5.56 Å². The van der Waals surface area contributed by atoms with E-state index in [1.165, 1.54) is 0 Å². The summed E-state index contributed by atoms with van der Waals surface area (Å²) < 4.78 is 11.6. The second kappa shape index (κ2) is 16.1. The predicted octanol–water partition coefficient (Wildman–Crippen LogP) is -0.109. The normalized spacial score (nSPS) is 12.1. The average Bonchev–Trinajstić information content (AvgIpc) is 2.98. The number of hydrogen-bond acceptors (Lipinski definition) is 8. The number of benzene rings is 3. The summed E-state index contributed by atoms with van der Waals surface area (Å²) in [6.45, 7) is -0.143. The van der Waals surface area contributed by atoms with Gasteiger partial charge < -0.3 is 36.9 Å². The number of aliphatic hydroxyl groups excluding tert-OH is 2. The Hall–Kier alpha value is -3.51. The van der Waals surface area contributed by atoms with E-state index < -0.39 is 24.5 Å². The summed E-state index contributed by atoms with van der Waals surface area (Å²) >= 11 is 0. The van der Waals surface area contributed by atoms with Gasteiger partial charge in [0.2, 0.25) is 0 Å². The monoisotopic (exact) mass is 569 g/mol. The Kier molecular flexibility index (Phi) is 12.5. The minimum Gasteiger partial charge on any atom is -1.00 e. The van der Waals surface area contributed by atoms with Crippen LogP contribution < -0.4 is 49.7 Å². The van der Waals surface area contributed by atoms with Gasteiger partial charge in [0.25, 0.3) is 5.91 Å². The minimum absolute atomic E-state index is 0. The van der Waals surface area contributed by atoms with E-state index in [9.17, 15) is 19.8 Å². The van der Waals surface area contributed by atoms with Gasteiger partial charge in [-0.05, 0) is 60.5 Å². The molecule has 2 atom stereocenters. The SMILES string of the molecule is O=C(O)CNC(=O)c1ccc2c(Oc3ccc(C[C@@H](CO)NC[C@H](O)COc4ccccc4)cc3)ccnc2c1.[H-].[Na+]. The van der Waals surface area contributed by atoms with Crippen molar-refractivity contribution in [1.82, 2.24) is 15.6 Å². The van der Waals surface area contributed by atoms with E-state index in [4.69, 9.17) is 14.6 Å². The molecule has 1 amide bonds. The molecule has 0 saturated heterocycles. The van der Waals surface area contributed by atoms with Crippen LogP contribution in [-0.4, -0.2) is 70.6 Å². The van der Waals surface area contributed by atoms with Gasteiger partial charge in [0.1, 0.15) is 36.5 Å². The van der Waals surface area contributed by atoms with E-state index in [0.29, 0.717) is 40.1 Å². The van der Waals surface area contributed by atoms with Crippen LogP contribution in [0.3, 0.4) is 0 Å². The number of fused-ring (bicyclic) bond motifs is 1. The number of carbonyl (C=O) groups excluding carboxylic acids is 1. The maximum atomic E-state index is 12.2. The molecule has 5 N–H and O–H groups in total. The Morgan fingerprint density at radius 1 is 0.976 bits per heavy atom. The predicted molar refractivity (Wildman–Crippen MR) is 150 cm³/mol. The first-order valence-corrected chi connectivity index (χ1v) is 12.8. The summed E-state index contributed by atoms with van der Waals surface area (Å²) in [4.78, 5) is 27.2. The summed E-state index contributed by atoms with van der Waals surface area (Å²) in [5.41, 5.74) is 1.81. The van der Waals surface area contributed by atoms with Crippen LogP contribution in [-0.2, 0) is 11.2 Å². The molecule has 1 heterocycles. The Balaban J connectivity index is 0.00000308. The number of pyridine rings is 1. The number of aliphatic carboxylic acids is 1. The van der Waals surface area contributed by atoms with Crippen LogP contribution in [0.4, 0.5) is 0 Å². The number of aromatic nitrogens is 1. The van der Waals surface area contributed by atoms with Gasteiger partial charge in [-0.15, -0.1) is 0 Å². The molecule has 11 heteroatoms. The zero-order valence-corrected chi connectivity index (χ0v) is 24.7. The summed E-state index contributed by atoms with van der Waals surface area (Å²) in [6.07, 6.45) is 1.39. The number of nitrogens with one attached hydrogen (secondary N) is 2. The van der Waals surface area contributed by atoms with Crippen molar-refractivity contribution in [2.45, 2.75) is 18.6 Å². The minimum atomic E-state index is -1.12. The van der Waals surface area contributed by atoms with Crippen molar-refractivity contribution in [2.75, 3.05) is 26.3 Å². The van der Waals surface area contributed by atoms with Crippen LogP contribution >= 0.6 is 0 Å². The molecule has 4 rings (SSSR count). The van der Waals surface area contributed by atoms with Gasteiger partial charge in [0.05, 0.1) is 12.1 Å². The molecule has 0 unspecified atom stereocenters. The van der Waals surface area contributed by atoms with Crippen molar-refractivity contribution in [3.63, 3.8) is 0 Å². The third-order valence-electron chi connectivity index (χ3n) is 6.05. The van der Waals surface area contributed by atoms with Gasteiger partial charge in [0.15, 0.2) is 0 Å². The third-order valence-corrected chi connectivity index (χ3v) is 6.05. The Bertz CT molecular complexity index is 1430. The number of amides is 1. The van der Waals surface area contributed by atoms with E-state index in [2.05, 4.69) is 15.6 Å². The maximum absolute atomic E-state index is 12.2. The van der Waals surface area contributed by atoms with Gasteiger partial charge >= 0.3 is 35.5 Å². The van der Waals surface area contributed by atoms with Crippen LogP contribution in [0.2, 0.25) is 0 Å². The number of carbonyl (C=O) groups is 2. The smallest absolute Gasteiger partial charge is 1.00 e. The molecule has 0 radical (unpaired) electrons. The fraction of sp³-hybridized carbons (Fsp3) is 0.233.